The van der Waals surface area contributed by atoms with E-state index in [1.54, 1.807) is 0 Å². The molecule has 0 heterocycles. The number of halogens is 1. The van der Waals surface area contributed by atoms with Gasteiger partial charge in [0.2, 0.25) is 0 Å². The molecule has 1 saturated carbocycles. The Labute approximate surface area is 77.6 Å². The average Bonchev–Trinajstić information content (AvgIpc) is 2.63. The minimum absolute atomic E-state index is 0.0256. The van der Waals surface area contributed by atoms with Crippen molar-refractivity contribution in [2.75, 3.05) is 11.9 Å². The van der Waals surface area contributed by atoms with Crippen LogP contribution in [0.15, 0.2) is 0 Å². The highest BCUT2D eigenvalue weighted by Crippen LogP contribution is 2.47. The van der Waals surface area contributed by atoms with Crippen LogP contribution in [-0.2, 0) is 4.74 Å². The molecular weight excluding hydrogens is 204 g/mol. The van der Waals surface area contributed by atoms with Crippen LogP contribution in [0.25, 0.3) is 0 Å². The third-order valence-electron chi connectivity index (χ3n) is 2.05. The van der Waals surface area contributed by atoms with Crippen molar-refractivity contribution < 1.29 is 4.74 Å². The Morgan fingerprint density at radius 2 is 1.91 bits per heavy atom. The van der Waals surface area contributed by atoms with Gasteiger partial charge in [-0.2, -0.15) is 0 Å². The molecular formula is C9H17BrO. The van der Waals surface area contributed by atoms with E-state index in [0.29, 0.717) is 5.41 Å². The second-order valence-electron chi connectivity index (χ2n) is 4.53. The Balaban J connectivity index is 2.22. The molecule has 0 spiro atoms. The molecule has 2 heteroatoms. The standard InChI is InChI=1S/C9H17BrO/c1-8(2,3)11-7-9(6-10)4-5-9/h4-7H2,1-3H3. The molecule has 11 heavy (non-hydrogen) atoms. The van der Waals surface area contributed by atoms with Crippen molar-refractivity contribution in [3.05, 3.63) is 0 Å². The summed E-state index contributed by atoms with van der Waals surface area (Å²) in [7, 11) is 0. The molecule has 1 rings (SSSR count). The van der Waals surface area contributed by atoms with Crippen LogP contribution in [-0.4, -0.2) is 17.5 Å². The molecule has 1 fully saturated rings. The first kappa shape index (κ1) is 9.53. The molecule has 0 aromatic rings. The zero-order chi connectivity index (χ0) is 8.54. The molecule has 1 aliphatic carbocycles. The lowest BCUT2D eigenvalue weighted by atomic mass is 10.1. The van der Waals surface area contributed by atoms with Crippen molar-refractivity contribution in [1.82, 2.24) is 0 Å². The van der Waals surface area contributed by atoms with Crippen LogP contribution < -0.4 is 0 Å². The molecule has 66 valence electrons. The van der Waals surface area contributed by atoms with Gasteiger partial charge in [-0.15, -0.1) is 0 Å². The maximum atomic E-state index is 5.72. The quantitative estimate of drug-likeness (QED) is 0.665. The van der Waals surface area contributed by atoms with Gasteiger partial charge in [-0.1, -0.05) is 15.9 Å². The van der Waals surface area contributed by atoms with Crippen LogP contribution in [0.3, 0.4) is 0 Å². The highest BCUT2D eigenvalue weighted by Gasteiger charge is 2.42. The molecule has 0 amide bonds. The lowest BCUT2D eigenvalue weighted by Gasteiger charge is -2.23. The number of hydrogen-bond donors (Lipinski definition) is 0. The van der Waals surface area contributed by atoms with Gasteiger partial charge in [0.05, 0.1) is 12.2 Å². The normalized spacial score (nSPS) is 21.8. The highest BCUT2D eigenvalue weighted by molar-refractivity contribution is 9.09. The van der Waals surface area contributed by atoms with Crippen LogP contribution in [0.2, 0.25) is 0 Å². The van der Waals surface area contributed by atoms with Crippen LogP contribution in [0, 0.1) is 5.41 Å². The average molecular weight is 221 g/mol. The summed E-state index contributed by atoms with van der Waals surface area (Å²) < 4.78 is 5.72. The van der Waals surface area contributed by atoms with E-state index in [1.807, 2.05) is 0 Å². The van der Waals surface area contributed by atoms with E-state index in [0.717, 1.165) is 11.9 Å². The van der Waals surface area contributed by atoms with Gasteiger partial charge in [0.15, 0.2) is 0 Å². The smallest absolute Gasteiger partial charge is 0.0598 e. The first-order chi connectivity index (χ1) is 4.97. The minimum Gasteiger partial charge on any atom is -0.375 e. The summed E-state index contributed by atoms with van der Waals surface area (Å²) >= 11 is 3.52. The van der Waals surface area contributed by atoms with Crippen molar-refractivity contribution in [3.8, 4) is 0 Å². The van der Waals surface area contributed by atoms with Crippen LogP contribution in [0.1, 0.15) is 33.6 Å². The van der Waals surface area contributed by atoms with Gasteiger partial charge in [0, 0.05) is 10.7 Å². The number of rotatable bonds is 3. The van der Waals surface area contributed by atoms with E-state index in [1.165, 1.54) is 12.8 Å². The van der Waals surface area contributed by atoms with Gasteiger partial charge in [-0.3, -0.25) is 0 Å². The molecule has 0 saturated heterocycles. The van der Waals surface area contributed by atoms with E-state index in [2.05, 4.69) is 36.7 Å². The fourth-order valence-electron chi connectivity index (χ4n) is 0.863. The summed E-state index contributed by atoms with van der Waals surface area (Å²) in [5.74, 6) is 0. The maximum Gasteiger partial charge on any atom is 0.0598 e. The topological polar surface area (TPSA) is 9.23 Å². The van der Waals surface area contributed by atoms with E-state index in [4.69, 9.17) is 4.74 Å². The van der Waals surface area contributed by atoms with Crippen LogP contribution >= 0.6 is 15.9 Å². The third kappa shape index (κ3) is 3.12. The van der Waals surface area contributed by atoms with Gasteiger partial charge >= 0.3 is 0 Å². The first-order valence-corrected chi connectivity index (χ1v) is 5.30. The van der Waals surface area contributed by atoms with E-state index in [9.17, 15) is 0 Å². The van der Waals surface area contributed by atoms with Gasteiger partial charge in [0.1, 0.15) is 0 Å². The van der Waals surface area contributed by atoms with Crippen molar-refractivity contribution in [3.63, 3.8) is 0 Å². The lowest BCUT2D eigenvalue weighted by Crippen LogP contribution is -2.24. The largest absolute Gasteiger partial charge is 0.375 e. The first-order valence-electron chi connectivity index (χ1n) is 4.17. The highest BCUT2D eigenvalue weighted by atomic mass is 79.9. The summed E-state index contributed by atoms with van der Waals surface area (Å²) in [5, 5.41) is 1.09. The van der Waals surface area contributed by atoms with Crippen molar-refractivity contribution in [1.29, 1.82) is 0 Å². The molecule has 0 radical (unpaired) electrons. The summed E-state index contributed by atoms with van der Waals surface area (Å²) in [5.41, 5.74) is 0.519. The molecule has 0 N–H and O–H groups in total. The number of hydrogen-bond acceptors (Lipinski definition) is 1. The SMILES string of the molecule is CC(C)(C)OCC1(CBr)CC1. The summed E-state index contributed by atoms with van der Waals surface area (Å²) in [6.07, 6.45) is 2.66. The molecule has 0 aromatic carbocycles. The molecule has 1 nitrogen and oxygen atoms in total. The van der Waals surface area contributed by atoms with E-state index < -0.39 is 0 Å². The fourth-order valence-corrected chi connectivity index (χ4v) is 1.59. The summed E-state index contributed by atoms with van der Waals surface area (Å²) in [4.78, 5) is 0. The summed E-state index contributed by atoms with van der Waals surface area (Å²) in [6, 6.07) is 0. The molecule has 1 aliphatic rings. The Morgan fingerprint density at radius 1 is 1.36 bits per heavy atom. The predicted molar refractivity (Wildman–Crippen MR) is 51.2 cm³/mol. The Morgan fingerprint density at radius 3 is 2.18 bits per heavy atom. The molecule has 0 bridgehead atoms. The predicted octanol–water partition coefficient (Wildman–Crippen LogP) is 2.98. The van der Waals surface area contributed by atoms with Gasteiger partial charge < -0.3 is 4.74 Å². The second kappa shape index (κ2) is 3.06. The number of alkyl halides is 1. The van der Waals surface area contributed by atoms with Crippen LogP contribution in [0.5, 0.6) is 0 Å². The molecule has 0 atom stereocenters. The monoisotopic (exact) mass is 220 g/mol. The zero-order valence-corrected chi connectivity index (χ0v) is 9.20. The van der Waals surface area contributed by atoms with Crippen LogP contribution in [0.4, 0.5) is 0 Å². The van der Waals surface area contributed by atoms with Gasteiger partial charge in [-0.05, 0) is 33.6 Å². The summed E-state index contributed by atoms with van der Waals surface area (Å²) in [6.45, 7) is 7.24. The van der Waals surface area contributed by atoms with E-state index >= 15 is 0 Å². The van der Waals surface area contributed by atoms with E-state index in [-0.39, 0.29) is 5.60 Å². The number of ether oxygens (including phenoxy) is 1. The van der Waals surface area contributed by atoms with Crippen molar-refractivity contribution in [2.45, 2.75) is 39.2 Å². The van der Waals surface area contributed by atoms with Crippen molar-refractivity contribution >= 4 is 15.9 Å². The maximum absolute atomic E-state index is 5.72. The second-order valence-corrected chi connectivity index (χ2v) is 5.10. The Kier molecular flexibility index (Phi) is 2.65. The van der Waals surface area contributed by atoms with Crippen molar-refractivity contribution in [2.24, 2.45) is 5.41 Å². The minimum atomic E-state index is 0.0256. The zero-order valence-electron chi connectivity index (χ0n) is 7.61. The molecule has 0 aliphatic heterocycles. The molecule has 0 aromatic heterocycles. The Bertz CT molecular complexity index is 133. The third-order valence-corrected chi connectivity index (χ3v) is 3.24. The van der Waals surface area contributed by atoms with Gasteiger partial charge in [0.25, 0.3) is 0 Å². The van der Waals surface area contributed by atoms with Gasteiger partial charge in [-0.25, -0.2) is 0 Å². The molecule has 0 unspecified atom stereocenters. The lowest BCUT2D eigenvalue weighted by molar-refractivity contribution is -0.0235. The Hall–Kier alpha value is 0.440. The fraction of sp³-hybridized carbons (Fsp3) is 1.00.